The molecule has 196 valence electrons. The standard InChI is InChI=1S/C27H42N2O5S/c1-15-9-8-10-27(7)22(34-27)12-20(16(2)11-19-14-35-18(4)28-19)29-23(31)13-21(30)26(5,6)25(33)17(3)24(15)32/h11,14-15,17,20-22,24,30,32H,8-10,12-13H2,1-7H3,(H,29,31)/b16-11+/t15?,17?,20?,21-,22-,24-,27+/m0/s1. The molecule has 0 aliphatic carbocycles. The van der Waals surface area contributed by atoms with Crippen molar-refractivity contribution in [2.45, 2.75) is 111 Å². The molecule has 1 aromatic heterocycles. The van der Waals surface area contributed by atoms with Crippen molar-refractivity contribution in [3.05, 3.63) is 21.7 Å². The molecule has 0 radical (unpaired) electrons. The van der Waals surface area contributed by atoms with Gasteiger partial charge in [0.25, 0.3) is 0 Å². The largest absolute Gasteiger partial charge is 0.392 e. The fourth-order valence-corrected chi connectivity index (χ4v) is 5.76. The van der Waals surface area contributed by atoms with Gasteiger partial charge in [0, 0.05) is 17.7 Å². The average Bonchev–Trinajstić information content (AvgIpc) is 3.22. The molecule has 2 aliphatic heterocycles. The van der Waals surface area contributed by atoms with Crippen LogP contribution in [-0.4, -0.2) is 56.8 Å². The number of fused-ring (bicyclic) bond motifs is 1. The van der Waals surface area contributed by atoms with E-state index in [0.717, 1.165) is 35.5 Å². The topological polar surface area (TPSA) is 112 Å². The number of amides is 1. The van der Waals surface area contributed by atoms with Gasteiger partial charge >= 0.3 is 0 Å². The number of ketones is 1. The first-order valence-electron chi connectivity index (χ1n) is 12.7. The summed E-state index contributed by atoms with van der Waals surface area (Å²) in [5, 5.41) is 27.8. The fraction of sp³-hybridized carbons (Fsp3) is 0.741. The summed E-state index contributed by atoms with van der Waals surface area (Å²) in [4.78, 5) is 30.8. The van der Waals surface area contributed by atoms with Crippen molar-refractivity contribution in [3.63, 3.8) is 0 Å². The number of thiazole rings is 1. The number of hydrogen-bond acceptors (Lipinski definition) is 7. The van der Waals surface area contributed by atoms with Crippen LogP contribution in [0.4, 0.5) is 0 Å². The lowest BCUT2D eigenvalue weighted by atomic mass is 9.72. The van der Waals surface area contributed by atoms with Crippen molar-refractivity contribution >= 4 is 29.1 Å². The molecule has 3 unspecified atom stereocenters. The summed E-state index contributed by atoms with van der Waals surface area (Å²) in [6, 6.07) is -0.269. The first kappa shape index (κ1) is 28.0. The molecule has 35 heavy (non-hydrogen) atoms. The molecule has 3 rings (SSSR count). The highest BCUT2D eigenvalue weighted by atomic mass is 32.1. The molecule has 0 aromatic carbocycles. The smallest absolute Gasteiger partial charge is 0.223 e. The van der Waals surface area contributed by atoms with Crippen LogP contribution in [0, 0.1) is 24.2 Å². The zero-order chi connectivity index (χ0) is 26.1. The van der Waals surface area contributed by atoms with E-state index >= 15 is 0 Å². The molecule has 2 aliphatic rings. The molecule has 0 spiro atoms. The molecule has 8 heteroatoms. The Morgan fingerprint density at radius 1 is 1.26 bits per heavy atom. The minimum atomic E-state index is -1.17. The predicted molar refractivity (Wildman–Crippen MR) is 138 cm³/mol. The number of aryl methyl sites for hydroxylation is 1. The first-order valence-corrected chi connectivity index (χ1v) is 13.6. The van der Waals surface area contributed by atoms with Gasteiger partial charge in [-0.15, -0.1) is 11.3 Å². The van der Waals surface area contributed by atoms with Gasteiger partial charge in [-0.2, -0.15) is 0 Å². The van der Waals surface area contributed by atoms with Gasteiger partial charge in [0.15, 0.2) is 0 Å². The van der Waals surface area contributed by atoms with Gasteiger partial charge in [0.05, 0.1) is 52.5 Å². The van der Waals surface area contributed by atoms with Crippen molar-refractivity contribution in [2.24, 2.45) is 17.3 Å². The Morgan fingerprint density at radius 3 is 2.57 bits per heavy atom. The van der Waals surface area contributed by atoms with E-state index in [4.69, 9.17) is 4.74 Å². The lowest BCUT2D eigenvalue weighted by Crippen LogP contribution is -2.47. The Kier molecular flexibility index (Phi) is 8.62. The molecule has 2 saturated heterocycles. The Bertz CT molecular complexity index is 957. The summed E-state index contributed by atoms with van der Waals surface area (Å²) in [6.07, 6.45) is 2.99. The molecular weight excluding hydrogens is 464 g/mol. The van der Waals surface area contributed by atoms with E-state index in [1.54, 1.807) is 32.1 Å². The van der Waals surface area contributed by atoms with Crippen molar-refractivity contribution in [2.75, 3.05) is 0 Å². The zero-order valence-electron chi connectivity index (χ0n) is 22.1. The van der Waals surface area contributed by atoms with Crippen LogP contribution in [0.15, 0.2) is 11.0 Å². The number of Topliss-reactive ketones (excluding diaryl/α,β-unsaturated/α-hetero) is 1. The number of carbonyl (C=O) groups is 2. The maximum absolute atomic E-state index is 13.2. The monoisotopic (exact) mass is 506 g/mol. The number of rotatable bonds is 2. The Balaban J connectivity index is 1.85. The molecule has 0 saturated carbocycles. The second-order valence-corrected chi connectivity index (χ2v) is 12.5. The molecular formula is C27H42N2O5S. The minimum Gasteiger partial charge on any atom is -0.392 e. The second kappa shape index (κ2) is 10.8. The number of epoxide rings is 1. The molecule has 1 amide bonds. The van der Waals surface area contributed by atoms with E-state index in [1.807, 2.05) is 32.2 Å². The minimum absolute atomic E-state index is 0.0170. The third kappa shape index (κ3) is 6.59. The summed E-state index contributed by atoms with van der Waals surface area (Å²) in [7, 11) is 0. The summed E-state index contributed by atoms with van der Waals surface area (Å²) in [5.74, 6) is -1.24. The molecule has 7 atom stereocenters. The quantitative estimate of drug-likeness (QED) is 0.522. The number of nitrogens with one attached hydrogen (secondary N) is 1. The number of ether oxygens (including phenoxy) is 1. The van der Waals surface area contributed by atoms with Gasteiger partial charge in [-0.25, -0.2) is 4.98 Å². The number of aliphatic hydroxyl groups is 2. The lowest BCUT2D eigenvalue weighted by molar-refractivity contribution is -0.143. The fourth-order valence-electron chi connectivity index (χ4n) is 5.19. The van der Waals surface area contributed by atoms with Crippen LogP contribution in [0.2, 0.25) is 0 Å². The third-order valence-electron chi connectivity index (χ3n) is 8.07. The van der Waals surface area contributed by atoms with Gasteiger partial charge in [0.2, 0.25) is 5.91 Å². The predicted octanol–water partition coefficient (Wildman–Crippen LogP) is 4.05. The van der Waals surface area contributed by atoms with Crippen LogP contribution in [-0.2, 0) is 14.3 Å². The summed E-state index contributed by atoms with van der Waals surface area (Å²) in [5.41, 5.74) is 0.410. The number of aromatic nitrogens is 1. The van der Waals surface area contributed by atoms with E-state index in [-0.39, 0.29) is 41.8 Å². The maximum atomic E-state index is 13.2. The van der Waals surface area contributed by atoms with E-state index in [0.29, 0.717) is 6.42 Å². The highest BCUT2D eigenvalue weighted by Gasteiger charge is 2.52. The third-order valence-corrected chi connectivity index (χ3v) is 8.86. The van der Waals surface area contributed by atoms with Gasteiger partial charge in [-0.1, -0.05) is 34.1 Å². The van der Waals surface area contributed by atoms with E-state index < -0.39 is 23.5 Å². The zero-order valence-corrected chi connectivity index (χ0v) is 22.9. The summed E-state index contributed by atoms with van der Waals surface area (Å²) >= 11 is 1.58. The second-order valence-electron chi connectivity index (χ2n) is 11.4. The Morgan fingerprint density at radius 2 is 1.94 bits per heavy atom. The number of hydrogen-bond donors (Lipinski definition) is 3. The molecule has 3 heterocycles. The van der Waals surface area contributed by atoms with Crippen molar-refractivity contribution in [1.29, 1.82) is 0 Å². The molecule has 3 N–H and O–H groups in total. The van der Waals surface area contributed by atoms with E-state index in [1.165, 1.54) is 0 Å². The first-order chi connectivity index (χ1) is 16.2. The highest BCUT2D eigenvalue weighted by Crippen LogP contribution is 2.44. The van der Waals surface area contributed by atoms with Gasteiger partial charge in [-0.3, -0.25) is 9.59 Å². The van der Waals surface area contributed by atoms with E-state index in [2.05, 4.69) is 17.2 Å². The van der Waals surface area contributed by atoms with Crippen molar-refractivity contribution < 1.29 is 24.5 Å². The van der Waals surface area contributed by atoms with Crippen LogP contribution in [0.1, 0.15) is 84.3 Å². The summed E-state index contributed by atoms with van der Waals surface area (Å²) in [6.45, 7) is 13.0. The Hall–Kier alpha value is -1.61. The Labute approximate surface area is 213 Å². The van der Waals surface area contributed by atoms with Crippen molar-refractivity contribution in [3.8, 4) is 0 Å². The van der Waals surface area contributed by atoms with Gasteiger partial charge in [0.1, 0.15) is 5.78 Å². The average molecular weight is 507 g/mol. The summed E-state index contributed by atoms with van der Waals surface area (Å²) < 4.78 is 6.10. The van der Waals surface area contributed by atoms with Crippen LogP contribution < -0.4 is 5.32 Å². The molecule has 2 fully saturated rings. The van der Waals surface area contributed by atoms with Crippen LogP contribution in [0.25, 0.3) is 6.08 Å². The molecule has 0 bridgehead atoms. The highest BCUT2D eigenvalue weighted by molar-refractivity contribution is 7.09. The van der Waals surface area contributed by atoms with Crippen LogP contribution in [0.5, 0.6) is 0 Å². The number of nitrogens with zero attached hydrogens (tertiary/aromatic N) is 1. The molecule has 7 nitrogen and oxygen atoms in total. The van der Waals surface area contributed by atoms with Crippen molar-refractivity contribution in [1.82, 2.24) is 10.3 Å². The van der Waals surface area contributed by atoms with Gasteiger partial charge in [-0.05, 0) is 51.2 Å². The maximum Gasteiger partial charge on any atom is 0.223 e. The normalized spacial score (nSPS) is 37.5. The van der Waals surface area contributed by atoms with E-state index in [9.17, 15) is 19.8 Å². The number of carbonyl (C=O) groups excluding carboxylic acids is 2. The van der Waals surface area contributed by atoms with Gasteiger partial charge < -0.3 is 20.3 Å². The van der Waals surface area contributed by atoms with Crippen LogP contribution >= 0.6 is 11.3 Å². The van der Waals surface area contributed by atoms with Crippen LogP contribution in [0.3, 0.4) is 0 Å². The SMILES string of the molecule is C/C(=C\c1csc(C)n1)C1C[C@@H]2O[C@]2(C)CCCC(C)[C@H](O)C(C)C(=O)C(C)(C)[C@@H](O)CC(=O)N1. The lowest BCUT2D eigenvalue weighted by Gasteiger charge is -2.34. The molecule has 1 aromatic rings. The number of aliphatic hydroxyl groups excluding tert-OH is 2.